The summed E-state index contributed by atoms with van der Waals surface area (Å²) >= 11 is 10.8. The van der Waals surface area contributed by atoms with Crippen LogP contribution in [0.5, 0.6) is 0 Å². The minimum atomic E-state index is -5.16. The minimum absolute atomic E-state index is 0.0756. The average Bonchev–Trinajstić information content (AvgIpc) is 1.94. The summed E-state index contributed by atoms with van der Waals surface area (Å²) in [6.45, 7) is -5.16. The summed E-state index contributed by atoms with van der Waals surface area (Å²) in [5, 5.41) is -0.255. The predicted molar refractivity (Wildman–Crippen MR) is 49.6 cm³/mol. The van der Waals surface area contributed by atoms with E-state index in [0.29, 0.717) is 0 Å². The molecule has 0 amide bonds. The number of halogens is 5. The number of hydrogen-bond acceptors (Lipinski definition) is 1. The maximum absolute atomic E-state index is 12.3. The summed E-state index contributed by atoms with van der Waals surface area (Å²) in [6, 6.07) is 1.94. The molecule has 1 nitrogen and oxygen atoms in total. The summed E-state index contributed by atoms with van der Waals surface area (Å²) in [5.74, 6) is 0. The van der Waals surface area contributed by atoms with Crippen molar-refractivity contribution in [3.63, 3.8) is 0 Å². The highest BCUT2D eigenvalue weighted by Crippen LogP contribution is 2.25. The van der Waals surface area contributed by atoms with Gasteiger partial charge in [-0.2, -0.15) is 0 Å². The quantitative estimate of drug-likeness (QED) is 0.581. The highest BCUT2D eigenvalue weighted by atomic mass is 35.5. The van der Waals surface area contributed by atoms with E-state index in [4.69, 9.17) is 28.9 Å². The highest BCUT2D eigenvalue weighted by Gasteiger charge is 2.29. The first-order valence-corrected chi connectivity index (χ1v) is 4.02. The third kappa shape index (κ3) is 2.22. The highest BCUT2D eigenvalue weighted by molar-refractivity contribution is 6.75. The number of benzene rings is 1. The molecule has 0 aliphatic carbocycles. The lowest BCUT2D eigenvalue weighted by Gasteiger charge is -2.18. The van der Waals surface area contributed by atoms with E-state index < -0.39 is 18.1 Å². The van der Waals surface area contributed by atoms with Crippen LogP contribution in [0.2, 0.25) is 10.0 Å². The van der Waals surface area contributed by atoms with E-state index >= 15 is 0 Å². The third-order valence-electron chi connectivity index (χ3n) is 1.48. The topological polar surface area (TPSA) is 26.0 Å². The maximum Gasteiger partial charge on any atom is 0.511 e. The molecule has 0 fully saturated rings. The maximum atomic E-state index is 12.3. The van der Waals surface area contributed by atoms with Crippen molar-refractivity contribution in [1.29, 1.82) is 0 Å². The van der Waals surface area contributed by atoms with E-state index in [1.807, 2.05) is 0 Å². The zero-order valence-corrected chi connectivity index (χ0v) is 7.71. The van der Waals surface area contributed by atoms with Crippen LogP contribution in [-0.2, 0) is 0 Å². The lowest BCUT2D eigenvalue weighted by Crippen LogP contribution is -2.36. The second kappa shape index (κ2) is 3.31. The van der Waals surface area contributed by atoms with E-state index in [-0.39, 0.29) is 10.0 Å². The first-order valence-electron chi connectivity index (χ1n) is 3.26. The molecule has 0 unspecified atom stereocenters. The molecule has 0 heterocycles. The molecule has 0 bridgehead atoms. The van der Waals surface area contributed by atoms with Gasteiger partial charge in [0.05, 0.1) is 5.02 Å². The molecule has 2 N–H and O–H groups in total. The molecule has 0 radical (unpaired) electrons. The van der Waals surface area contributed by atoms with Gasteiger partial charge in [0.15, 0.2) is 0 Å². The Hall–Kier alpha value is -0.545. The minimum Gasteiger partial charge on any atom is -0.445 e. The average molecular weight is 229 g/mol. The van der Waals surface area contributed by atoms with Gasteiger partial charge in [0.1, 0.15) is 0 Å². The fraction of sp³-hybridized carbons (Fsp3) is 0. The van der Waals surface area contributed by atoms with Crippen LogP contribution in [-0.4, -0.2) is 6.98 Å². The van der Waals surface area contributed by atoms with Crippen molar-refractivity contribution in [3.05, 3.63) is 22.2 Å². The van der Waals surface area contributed by atoms with Crippen molar-refractivity contribution in [1.82, 2.24) is 0 Å². The fourth-order valence-electron chi connectivity index (χ4n) is 0.875. The summed E-state index contributed by atoms with van der Waals surface area (Å²) in [6.07, 6.45) is 0. The van der Waals surface area contributed by atoms with Crippen molar-refractivity contribution >= 4 is 41.3 Å². The van der Waals surface area contributed by atoms with Crippen LogP contribution in [0.3, 0.4) is 0 Å². The zero-order valence-electron chi connectivity index (χ0n) is 6.20. The van der Waals surface area contributed by atoms with Crippen LogP contribution in [0.25, 0.3) is 0 Å². The van der Waals surface area contributed by atoms with Gasteiger partial charge in [-0.05, 0) is 6.07 Å². The molecular weight excluding hydrogens is 225 g/mol. The summed E-state index contributed by atoms with van der Waals surface area (Å²) in [7, 11) is 0. The zero-order chi connectivity index (χ0) is 10.2. The molecule has 0 atom stereocenters. The second-order valence-electron chi connectivity index (χ2n) is 2.47. The van der Waals surface area contributed by atoms with Crippen LogP contribution < -0.4 is 11.2 Å². The summed E-state index contributed by atoms with van der Waals surface area (Å²) in [4.78, 5) is 0. The molecule has 13 heavy (non-hydrogen) atoms. The van der Waals surface area contributed by atoms with Gasteiger partial charge in [0.25, 0.3) is 0 Å². The SMILES string of the molecule is Nc1c(Cl)cc(Cl)cc1[B-](F)(F)F. The number of hydrogen-bond donors (Lipinski definition) is 1. The lowest BCUT2D eigenvalue weighted by atomic mass is 9.79. The van der Waals surface area contributed by atoms with E-state index in [1.54, 1.807) is 0 Å². The number of nitrogen functional groups attached to an aromatic ring is 1. The van der Waals surface area contributed by atoms with Gasteiger partial charge in [-0.3, -0.25) is 0 Å². The van der Waals surface area contributed by atoms with Crippen LogP contribution in [0.4, 0.5) is 18.6 Å². The van der Waals surface area contributed by atoms with Gasteiger partial charge in [0.2, 0.25) is 0 Å². The van der Waals surface area contributed by atoms with Crippen molar-refractivity contribution in [3.8, 4) is 0 Å². The van der Waals surface area contributed by atoms with Crippen molar-refractivity contribution < 1.29 is 12.9 Å². The Labute approximate surface area is 82.7 Å². The standard InChI is InChI=1S/C6H4BCl2F3N/c8-3-1-4(7(10,11)12)6(13)5(9)2-3/h1-2H,13H2/q-1. The molecule has 0 saturated carbocycles. The fourth-order valence-corrected chi connectivity index (χ4v) is 1.38. The van der Waals surface area contributed by atoms with Crippen molar-refractivity contribution in [2.24, 2.45) is 0 Å². The predicted octanol–water partition coefficient (Wildman–Crippen LogP) is 2.63. The van der Waals surface area contributed by atoms with E-state index in [0.717, 1.165) is 6.07 Å². The second-order valence-corrected chi connectivity index (χ2v) is 3.31. The normalized spacial score (nSPS) is 11.8. The van der Waals surface area contributed by atoms with Crippen molar-refractivity contribution in [2.45, 2.75) is 0 Å². The molecule has 1 aromatic rings. The Morgan fingerprint density at radius 2 is 1.69 bits per heavy atom. The smallest absolute Gasteiger partial charge is 0.445 e. The molecule has 7 heteroatoms. The van der Waals surface area contributed by atoms with Gasteiger partial charge in [0, 0.05) is 10.7 Å². The van der Waals surface area contributed by atoms with Gasteiger partial charge >= 0.3 is 6.98 Å². The molecule has 0 aromatic heterocycles. The van der Waals surface area contributed by atoms with Crippen LogP contribution in [0.15, 0.2) is 12.1 Å². The summed E-state index contributed by atoms with van der Waals surface area (Å²) in [5.41, 5.74) is 3.72. The molecular formula is C6H4BCl2F3N-. The molecule has 0 saturated heterocycles. The van der Waals surface area contributed by atoms with E-state index in [9.17, 15) is 12.9 Å². The van der Waals surface area contributed by atoms with Gasteiger partial charge < -0.3 is 18.7 Å². The van der Waals surface area contributed by atoms with Crippen LogP contribution in [0.1, 0.15) is 0 Å². The van der Waals surface area contributed by atoms with Crippen LogP contribution in [0, 0.1) is 0 Å². The molecule has 1 aromatic carbocycles. The van der Waals surface area contributed by atoms with Gasteiger partial charge in [-0.15, -0.1) is 0 Å². The Morgan fingerprint density at radius 1 is 1.15 bits per heavy atom. The molecule has 1 rings (SSSR count). The van der Waals surface area contributed by atoms with Crippen LogP contribution >= 0.6 is 23.2 Å². The summed E-state index contributed by atoms with van der Waals surface area (Å²) < 4.78 is 36.8. The molecule has 0 aliphatic heterocycles. The molecule has 0 spiro atoms. The molecule has 72 valence electrons. The number of nitrogens with two attached hydrogens (primary N) is 1. The monoisotopic (exact) mass is 228 g/mol. The Morgan fingerprint density at radius 3 is 2.15 bits per heavy atom. The van der Waals surface area contributed by atoms with Gasteiger partial charge in [-0.1, -0.05) is 34.7 Å². The largest absolute Gasteiger partial charge is 0.511 e. The number of anilines is 1. The Balaban J connectivity index is 3.37. The Kier molecular flexibility index (Phi) is 2.68. The third-order valence-corrected chi connectivity index (χ3v) is 2.01. The number of rotatable bonds is 1. The Bertz CT molecular complexity index is 339. The first-order chi connectivity index (χ1) is 5.82. The first kappa shape index (κ1) is 10.5. The van der Waals surface area contributed by atoms with E-state index in [2.05, 4.69) is 0 Å². The lowest BCUT2D eigenvalue weighted by molar-refractivity contribution is 0.501. The molecule has 0 aliphatic rings. The van der Waals surface area contributed by atoms with Gasteiger partial charge in [-0.25, -0.2) is 0 Å². The van der Waals surface area contributed by atoms with E-state index in [1.165, 1.54) is 6.07 Å². The van der Waals surface area contributed by atoms with Crippen molar-refractivity contribution in [2.75, 3.05) is 5.73 Å².